The van der Waals surface area contributed by atoms with Gasteiger partial charge in [-0.2, -0.15) is 8.62 Å². The Morgan fingerprint density at radius 3 is 1.61 bits per heavy atom. The fraction of sp³-hybridized carbons (Fsp3) is 0.125. The van der Waals surface area contributed by atoms with E-state index in [1.54, 1.807) is 78.9 Å². The maximum Gasteiger partial charge on any atom is 0.481 e. The zero-order valence-electron chi connectivity index (χ0n) is 28.3. The van der Waals surface area contributed by atoms with Crippen molar-refractivity contribution in [2.75, 3.05) is 24.7 Å². The maximum atomic E-state index is 13.8. The highest BCUT2D eigenvalue weighted by Crippen LogP contribution is 2.58. The predicted octanol–water partition coefficient (Wildman–Crippen LogP) is 5.97. The first-order chi connectivity index (χ1) is 26.0. The van der Waals surface area contributed by atoms with Gasteiger partial charge < -0.3 is 29.4 Å². The van der Waals surface area contributed by atoms with Crippen molar-refractivity contribution < 1.29 is 82.1 Å². The van der Waals surface area contributed by atoms with E-state index < -0.39 is 75.7 Å². The van der Waals surface area contributed by atoms with Crippen molar-refractivity contribution >= 4 is 94.1 Å². The molecule has 2 atom stereocenters. The van der Waals surface area contributed by atoms with Gasteiger partial charge >= 0.3 is 31.3 Å². The van der Waals surface area contributed by atoms with Crippen LogP contribution in [0.15, 0.2) is 107 Å². The zero-order valence-corrected chi connectivity index (χ0v) is 33.5. The van der Waals surface area contributed by atoms with Crippen molar-refractivity contribution in [2.24, 2.45) is 0 Å². The number of benzene rings is 6. The molecule has 24 heteroatoms. The van der Waals surface area contributed by atoms with E-state index in [1.807, 2.05) is 6.07 Å². The lowest BCUT2D eigenvalue weighted by molar-refractivity contribution is 0.182. The Morgan fingerprint density at radius 1 is 0.482 bits per heavy atom. The maximum absolute atomic E-state index is 13.8. The number of sulfone groups is 2. The molecule has 0 radical (unpaired) electrons. The van der Waals surface area contributed by atoms with Crippen LogP contribution in [0.25, 0.3) is 54.2 Å². The third-order valence-corrected chi connectivity index (χ3v) is 16.1. The molecule has 6 aromatic rings. The van der Waals surface area contributed by atoms with Crippen LogP contribution in [-0.4, -0.2) is 70.9 Å². The quantitative estimate of drug-likeness (QED) is 0.0393. The van der Waals surface area contributed by atoms with Gasteiger partial charge in [0.2, 0.25) is 0 Å². The van der Waals surface area contributed by atoms with Crippen LogP contribution in [0.3, 0.4) is 0 Å². The Bertz CT molecular complexity index is 2960. The van der Waals surface area contributed by atoms with E-state index in [4.69, 9.17) is 19.6 Å². The van der Waals surface area contributed by atoms with Gasteiger partial charge in [0.15, 0.2) is 19.7 Å². The minimum absolute atomic E-state index is 0.108. The minimum atomic E-state index is -5.43. The number of fused-ring (bicyclic) bond motifs is 5. The second-order valence-electron chi connectivity index (χ2n) is 12.1. The van der Waals surface area contributed by atoms with Crippen molar-refractivity contribution in [3.05, 3.63) is 97.1 Å². The van der Waals surface area contributed by atoms with Gasteiger partial charge in [-0.25, -0.2) is 35.1 Å². The fourth-order valence-corrected chi connectivity index (χ4v) is 12.5. The van der Waals surface area contributed by atoms with Gasteiger partial charge in [0, 0.05) is 16.2 Å². The van der Waals surface area contributed by atoms with Crippen LogP contribution in [0.1, 0.15) is 0 Å². The first kappa shape index (κ1) is 42.4. The molecule has 6 rings (SSSR count). The highest BCUT2D eigenvalue weighted by molar-refractivity contribution is 7.92. The molecule has 0 spiro atoms. The highest BCUT2D eigenvalue weighted by Gasteiger charge is 2.34. The van der Waals surface area contributed by atoms with Gasteiger partial charge in [0.05, 0.1) is 34.5 Å². The van der Waals surface area contributed by atoms with E-state index in [1.165, 1.54) is 12.1 Å². The molecule has 18 nitrogen and oxygen atoms in total. The van der Waals surface area contributed by atoms with Gasteiger partial charge in [-0.15, -0.1) is 0 Å². The second-order valence-corrected chi connectivity index (χ2v) is 21.8. The molecule has 2 unspecified atom stereocenters. The van der Waals surface area contributed by atoms with E-state index in [0.717, 1.165) is 0 Å². The second kappa shape index (κ2) is 15.5. The SMILES string of the molecule is O=P(O)(O)OP(=O)(O)OCCS(=O)(=O)c1c2ccccc2cc2cc(-c3cccc4c3ccc3c(S(=O)(=O)CCOP(=O)(O)OP(=O)(O)O)cccc34)ccc12. The molecule has 0 saturated heterocycles. The molecule has 298 valence electrons. The van der Waals surface area contributed by atoms with Gasteiger partial charge in [-0.05, 0) is 56.3 Å². The normalized spacial score (nSPS) is 15.3. The number of hydrogen-bond acceptors (Lipinski definition) is 12. The molecule has 56 heavy (non-hydrogen) atoms. The van der Waals surface area contributed by atoms with Crippen LogP contribution in [0.5, 0.6) is 0 Å². The van der Waals surface area contributed by atoms with Crippen LogP contribution in [0, 0.1) is 0 Å². The molecule has 0 aliphatic carbocycles. The Balaban J connectivity index is 1.36. The molecule has 0 aliphatic rings. The van der Waals surface area contributed by atoms with Crippen LogP contribution in [0.2, 0.25) is 0 Å². The van der Waals surface area contributed by atoms with Crippen LogP contribution >= 0.6 is 31.3 Å². The Kier molecular flexibility index (Phi) is 11.7. The summed E-state index contributed by atoms with van der Waals surface area (Å²) in [6.45, 7) is -1.85. The van der Waals surface area contributed by atoms with Gasteiger partial charge in [0.25, 0.3) is 0 Å². The Labute approximate surface area is 317 Å². The molecule has 6 N–H and O–H groups in total. The summed E-state index contributed by atoms with van der Waals surface area (Å²) in [5.41, 5.74) is 1.36. The first-order valence-corrected chi connectivity index (χ1v) is 25.2. The standard InChI is InChI=1S/C32H30O18P4S2/c33-51(34,35)49-53(39,40)47-15-17-55(43,44)31-10-4-9-28-27-8-3-7-24(29(27)13-14-30(28)31)22-11-12-26-23(20-22)19-21-5-1-2-6-25(21)32(26)56(45,46)18-16-48-54(41,42)50-52(36,37)38/h1-14,19-20H,15-18H2,(H,39,40)(H,41,42)(H2,33,34,35)(H2,36,37,38). The van der Waals surface area contributed by atoms with Crippen molar-refractivity contribution in [3.63, 3.8) is 0 Å². The topological polar surface area (TPSA) is 295 Å². The lowest BCUT2D eigenvalue weighted by atomic mass is 9.93. The molecule has 0 aromatic heterocycles. The fourth-order valence-electron chi connectivity index (χ4n) is 6.21. The Morgan fingerprint density at radius 2 is 0.982 bits per heavy atom. The number of phosphoric acid groups is 4. The predicted molar refractivity (Wildman–Crippen MR) is 204 cm³/mol. The minimum Gasteiger partial charge on any atom is -0.302 e. The highest BCUT2D eigenvalue weighted by atomic mass is 32.2. The summed E-state index contributed by atoms with van der Waals surface area (Å²) >= 11 is 0. The average Bonchev–Trinajstić information content (AvgIpc) is 3.07. The smallest absolute Gasteiger partial charge is 0.302 e. The molecule has 6 aromatic carbocycles. The molecule has 0 amide bonds. The van der Waals surface area contributed by atoms with Crippen molar-refractivity contribution in [3.8, 4) is 11.1 Å². The van der Waals surface area contributed by atoms with Crippen molar-refractivity contribution in [1.29, 1.82) is 0 Å². The third kappa shape index (κ3) is 9.72. The number of phosphoric ester groups is 2. The molecule has 0 aliphatic heterocycles. The number of hydrogen-bond donors (Lipinski definition) is 6. The zero-order chi connectivity index (χ0) is 40.9. The molecule has 0 bridgehead atoms. The monoisotopic (exact) mass is 890 g/mol. The van der Waals surface area contributed by atoms with Crippen molar-refractivity contribution in [2.45, 2.75) is 9.79 Å². The molecule has 0 saturated carbocycles. The van der Waals surface area contributed by atoms with Gasteiger partial charge in [0.1, 0.15) is 0 Å². The Hall–Kier alpha value is -3.22. The molecular formula is C32H30O18P4S2. The van der Waals surface area contributed by atoms with Crippen LogP contribution in [0.4, 0.5) is 0 Å². The van der Waals surface area contributed by atoms with Crippen molar-refractivity contribution in [1.82, 2.24) is 0 Å². The lowest BCUT2D eigenvalue weighted by Crippen LogP contribution is -2.13. The van der Waals surface area contributed by atoms with Gasteiger partial charge in [-0.1, -0.05) is 78.9 Å². The average molecular weight is 891 g/mol. The molecule has 0 heterocycles. The van der Waals surface area contributed by atoms with E-state index in [0.29, 0.717) is 54.2 Å². The first-order valence-electron chi connectivity index (χ1n) is 15.8. The summed E-state index contributed by atoms with van der Waals surface area (Å²) in [6, 6.07) is 26.7. The number of rotatable bonds is 15. The van der Waals surface area contributed by atoms with E-state index in [9.17, 15) is 44.9 Å². The lowest BCUT2D eigenvalue weighted by Gasteiger charge is -2.16. The summed E-state index contributed by atoms with van der Waals surface area (Å²) in [5.74, 6) is -1.68. The van der Waals surface area contributed by atoms with E-state index in [-0.39, 0.29) is 9.79 Å². The summed E-state index contributed by atoms with van der Waals surface area (Å²) in [6.07, 6.45) is 0. The van der Waals surface area contributed by atoms with E-state index in [2.05, 4.69) is 17.7 Å². The summed E-state index contributed by atoms with van der Waals surface area (Å²) < 4.78 is 116. The van der Waals surface area contributed by atoms with Gasteiger partial charge in [-0.3, -0.25) is 9.05 Å². The summed E-state index contributed by atoms with van der Waals surface area (Å²) in [4.78, 5) is 54.2. The largest absolute Gasteiger partial charge is 0.481 e. The third-order valence-electron chi connectivity index (χ3n) is 8.28. The van der Waals surface area contributed by atoms with Crippen LogP contribution in [-0.2, 0) is 55.6 Å². The molecule has 0 fully saturated rings. The summed E-state index contributed by atoms with van der Waals surface area (Å²) in [5, 5.41) is 3.90. The van der Waals surface area contributed by atoms with Crippen LogP contribution < -0.4 is 0 Å². The van der Waals surface area contributed by atoms with E-state index >= 15 is 0 Å². The molecular weight excluding hydrogens is 860 g/mol. The summed E-state index contributed by atoms with van der Waals surface area (Å²) in [7, 11) is -29.9.